The number of aryl methyl sites for hydroxylation is 1. The molecule has 1 N–H and O–H groups in total. The van der Waals surface area contributed by atoms with Gasteiger partial charge in [-0.05, 0) is 24.1 Å². The normalized spacial score (nSPS) is 17.6. The predicted molar refractivity (Wildman–Crippen MR) is 78.9 cm³/mol. The maximum absolute atomic E-state index is 13.5. The Morgan fingerprint density at radius 2 is 1.71 bits per heavy atom. The summed E-state index contributed by atoms with van der Waals surface area (Å²) in [6.45, 7) is 3.17. The molecule has 8 heteroatoms. The number of piperazine rings is 1. The van der Waals surface area contributed by atoms with Crippen LogP contribution in [0.2, 0.25) is 0 Å². The third-order valence-corrected chi connectivity index (χ3v) is 3.34. The molecule has 21 heavy (non-hydrogen) atoms. The van der Waals surface area contributed by atoms with Crippen molar-refractivity contribution in [1.29, 1.82) is 0 Å². The first-order valence-electron chi connectivity index (χ1n) is 6.17. The van der Waals surface area contributed by atoms with Crippen molar-refractivity contribution in [2.24, 2.45) is 0 Å². The molecule has 122 valence electrons. The lowest BCUT2D eigenvalue weighted by atomic mass is 10.0. The van der Waals surface area contributed by atoms with E-state index in [4.69, 9.17) is 0 Å². The lowest BCUT2D eigenvalue weighted by molar-refractivity contribution is -0.187. The molecule has 0 radical (unpaired) electrons. The van der Waals surface area contributed by atoms with Crippen molar-refractivity contribution in [2.75, 3.05) is 26.2 Å². The quantitative estimate of drug-likeness (QED) is 0.823. The first kappa shape index (κ1) is 20.4. The third kappa shape index (κ3) is 4.98. The van der Waals surface area contributed by atoms with Crippen LogP contribution in [-0.4, -0.2) is 37.3 Å². The highest BCUT2D eigenvalue weighted by Gasteiger charge is 2.45. The number of rotatable bonds is 2. The van der Waals surface area contributed by atoms with E-state index in [0.717, 1.165) is 6.07 Å². The van der Waals surface area contributed by atoms with Gasteiger partial charge in [-0.3, -0.25) is 4.90 Å². The van der Waals surface area contributed by atoms with Gasteiger partial charge in [0.15, 0.2) is 0 Å². The van der Waals surface area contributed by atoms with Gasteiger partial charge in [-0.25, -0.2) is 4.39 Å². The fraction of sp³-hybridized carbons (Fsp3) is 0.538. The van der Waals surface area contributed by atoms with Crippen LogP contribution in [-0.2, 0) is 0 Å². The van der Waals surface area contributed by atoms with E-state index in [2.05, 4.69) is 5.32 Å². The van der Waals surface area contributed by atoms with Crippen LogP contribution < -0.4 is 5.32 Å². The average Bonchev–Trinajstić information content (AvgIpc) is 2.34. The molecular formula is C13H18Cl2F4N2. The maximum atomic E-state index is 13.5. The molecule has 0 amide bonds. The van der Waals surface area contributed by atoms with E-state index in [1.165, 1.54) is 24.0 Å². The molecule has 1 aliphatic heterocycles. The van der Waals surface area contributed by atoms with Crippen molar-refractivity contribution in [1.82, 2.24) is 10.2 Å². The minimum Gasteiger partial charge on any atom is -0.314 e. The first-order valence-corrected chi connectivity index (χ1v) is 6.17. The zero-order valence-corrected chi connectivity index (χ0v) is 13.0. The second-order valence-corrected chi connectivity index (χ2v) is 4.74. The summed E-state index contributed by atoms with van der Waals surface area (Å²) in [6.07, 6.45) is -4.40. The Hall–Kier alpha value is -0.560. The molecule has 0 bridgehead atoms. The van der Waals surface area contributed by atoms with Gasteiger partial charge in [-0.2, -0.15) is 13.2 Å². The highest BCUT2D eigenvalue weighted by Crippen LogP contribution is 2.38. The maximum Gasteiger partial charge on any atom is 0.408 e. The van der Waals surface area contributed by atoms with Crippen LogP contribution in [0.15, 0.2) is 18.2 Å². The molecule has 0 aromatic heterocycles. The molecular weight excluding hydrogens is 331 g/mol. The van der Waals surface area contributed by atoms with Gasteiger partial charge in [0, 0.05) is 26.2 Å². The van der Waals surface area contributed by atoms with Crippen molar-refractivity contribution < 1.29 is 17.6 Å². The van der Waals surface area contributed by atoms with Gasteiger partial charge in [-0.1, -0.05) is 12.1 Å². The van der Waals surface area contributed by atoms with Crippen LogP contribution in [0.25, 0.3) is 0 Å². The van der Waals surface area contributed by atoms with Crippen LogP contribution in [0, 0.1) is 12.7 Å². The van der Waals surface area contributed by atoms with Crippen molar-refractivity contribution in [3.63, 3.8) is 0 Å². The zero-order valence-electron chi connectivity index (χ0n) is 11.4. The molecule has 1 aliphatic rings. The molecule has 1 atom stereocenters. The van der Waals surface area contributed by atoms with Gasteiger partial charge in [0.25, 0.3) is 0 Å². The van der Waals surface area contributed by atoms with E-state index in [1.54, 1.807) is 0 Å². The molecule has 1 saturated heterocycles. The van der Waals surface area contributed by atoms with Gasteiger partial charge in [0.1, 0.15) is 11.9 Å². The van der Waals surface area contributed by atoms with Crippen LogP contribution in [0.5, 0.6) is 0 Å². The largest absolute Gasteiger partial charge is 0.408 e. The summed E-state index contributed by atoms with van der Waals surface area (Å²) >= 11 is 0. The van der Waals surface area contributed by atoms with E-state index in [-0.39, 0.29) is 30.4 Å². The third-order valence-electron chi connectivity index (χ3n) is 3.34. The summed E-state index contributed by atoms with van der Waals surface area (Å²) in [5.74, 6) is -0.595. The highest BCUT2D eigenvalue weighted by molar-refractivity contribution is 5.85. The minimum atomic E-state index is -4.40. The van der Waals surface area contributed by atoms with Crippen molar-refractivity contribution in [3.05, 3.63) is 35.1 Å². The lowest BCUT2D eigenvalue weighted by Gasteiger charge is -2.36. The average molecular weight is 349 g/mol. The van der Waals surface area contributed by atoms with Gasteiger partial charge in [0.05, 0.1) is 0 Å². The van der Waals surface area contributed by atoms with Crippen LogP contribution in [0.4, 0.5) is 17.6 Å². The van der Waals surface area contributed by atoms with E-state index < -0.39 is 18.0 Å². The second kappa shape index (κ2) is 8.17. The van der Waals surface area contributed by atoms with Crippen LogP contribution >= 0.6 is 24.8 Å². The predicted octanol–water partition coefficient (Wildman–Crippen LogP) is 3.49. The smallest absolute Gasteiger partial charge is 0.314 e. The Bertz CT molecular complexity index is 448. The zero-order chi connectivity index (χ0) is 14.0. The summed E-state index contributed by atoms with van der Waals surface area (Å²) < 4.78 is 53.2. The number of nitrogens with zero attached hydrogens (tertiary/aromatic N) is 1. The summed E-state index contributed by atoms with van der Waals surface area (Å²) in [7, 11) is 0. The SMILES string of the molecule is Cc1ccc([C@H](N2CCNCC2)C(F)(F)F)cc1F.Cl.Cl. The fourth-order valence-corrected chi connectivity index (χ4v) is 2.33. The summed E-state index contributed by atoms with van der Waals surface area (Å²) in [5, 5.41) is 3.01. The molecule has 2 nitrogen and oxygen atoms in total. The van der Waals surface area contributed by atoms with E-state index in [1.807, 2.05) is 0 Å². The Morgan fingerprint density at radius 3 is 2.19 bits per heavy atom. The molecule has 0 unspecified atom stereocenters. The molecule has 1 fully saturated rings. The molecule has 2 rings (SSSR count). The number of hydrogen-bond donors (Lipinski definition) is 1. The molecule has 1 aromatic rings. The number of nitrogens with one attached hydrogen (secondary N) is 1. The molecule has 0 spiro atoms. The number of halogens is 6. The molecule has 0 saturated carbocycles. The lowest BCUT2D eigenvalue weighted by Crippen LogP contribution is -2.49. The van der Waals surface area contributed by atoms with E-state index >= 15 is 0 Å². The van der Waals surface area contributed by atoms with E-state index in [9.17, 15) is 17.6 Å². The number of hydrogen-bond acceptors (Lipinski definition) is 2. The van der Waals surface area contributed by atoms with Crippen molar-refractivity contribution in [2.45, 2.75) is 19.1 Å². The molecule has 1 aromatic carbocycles. The Kier molecular flexibility index (Phi) is 7.95. The van der Waals surface area contributed by atoms with Gasteiger partial charge in [0.2, 0.25) is 0 Å². The standard InChI is InChI=1S/C13H16F4N2.2ClH/c1-9-2-3-10(8-11(9)14)12(13(15,16)17)19-6-4-18-5-7-19;;/h2-3,8,12,18H,4-7H2,1H3;2*1H/t12-;;/m0../s1. The first-order chi connectivity index (χ1) is 8.89. The van der Waals surface area contributed by atoms with Crippen molar-refractivity contribution >= 4 is 24.8 Å². The van der Waals surface area contributed by atoms with Crippen LogP contribution in [0.1, 0.15) is 17.2 Å². The highest BCUT2D eigenvalue weighted by atomic mass is 35.5. The Labute approximate surface area is 133 Å². The van der Waals surface area contributed by atoms with Gasteiger partial charge >= 0.3 is 6.18 Å². The second-order valence-electron chi connectivity index (χ2n) is 4.74. The molecule has 1 heterocycles. The summed E-state index contributed by atoms with van der Waals surface area (Å²) in [6, 6.07) is 2.02. The Balaban J connectivity index is 0.00000200. The van der Waals surface area contributed by atoms with Gasteiger partial charge < -0.3 is 5.32 Å². The van der Waals surface area contributed by atoms with Crippen LogP contribution in [0.3, 0.4) is 0 Å². The van der Waals surface area contributed by atoms with Gasteiger partial charge in [-0.15, -0.1) is 24.8 Å². The number of benzene rings is 1. The van der Waals surface area contributed by atoms with Crippen molar-refractivity contribution in [3.8, 4) is 0 Å². The Morgan fingerprint density at radius 1 is 1.14 bits per heavy atom. The summed E-state index contributed by atoms with van der Waals surface area (Å²) in [5.41, 5.74) is 0.322. The molecule has 0 aliphatic carbocycles. The monoisotopic (exact) mass is 348 g/mol. The summed E-state index contributed by atoms with van der Waals surface area (Å²) in [4.78, 5) is 1.35. The topological polar surface area (TPSA) is 15.3 Å². The van der Waals surface area contributed by atoms with E-state index in [0.29, 0.717) is 31.7 Å². The minimum absolute atomic E-state index is 0. The number of alkyl halides is 3. The fourth-order valence-electron chi connectivity index (χ4n) is 2.33.